The lowest BCUT2D eigenvalue weighted by Crippen LogP contribution is -2.43. The van der Waals surface area contributed by atoms with Gasteiger partial charge < -0.3 is 25.4 Å². The third-order valence-electron chi connectivity index (χ3n) is 5.87. The van der Waals surface area contributed by atoms with E-state index in [1.807, 2.05) is 91.0 Å². The molecule has 0 aromatic heterocycles. The zero-order valence-corrected chi connectivity index (χ0v) is 20.3. The number of methoxy groups -OCH3 is 2. The van der Waals surface area contributed by atoms with Crippen LogP contribution in [0.4, 0.5) is 10.5 Å². The van der Waals surface area contributed by atoms with Crippen LogP contribution in [0.25, 0.3) is 10.8 Å². The molecule has 0 bridgehead atoms. The molecule has 0 aliphatic carbocycles. The number of hydrogen-bond acceptors (Lipinski definition) is 4. The van der Waals surface area contributed by atoms with Gasteiger partial charge in [-0.1, -0.05) is 72.8 Å². The van der Waals surface area contributed by atoms with Crippen LogP contribution in [0.1, 0.15) is 17.2 Å². The van der Waals surface area contributed by atoms with Gasteiger partial charge in [0, 0.05) is 17.6 Å². The molecule has 184 valence electrons. The summed E-state index contributed by atoms with van der Waals surface area (Å²) in [7, 11) is 3.17. The van der Waals surface area contributed by atoms with Crippen molar-refractivity contribution in [3.05, 3.63) is 102 Å². The first-order chi connectivity index (χ1) is 17.6. The minimum Gasteiger partial charge on any atom is -0.493 e. The zero-order chi connectivity index (χ0) is 25.3. The van der Waals surface area contributed by atoms with Crippen LogP contribution in [0.2, 0.25) is 0 Å². The monoisotopic (exact) mass is 483 g/mol. The molecular formula is C29H29N3O4. The van der Waals surface area contributed by atoms with Crippen LogP contribution in [-0.4, -0.2) is 32.7 Å². The van der Waals surface area contributed by atoms with E-state index >= 15 is 0 Å². The van der Waals surface area contributed by atoms with Crippen molar-refractivity contribution in [1.29, 1.82) is 0 Å². The highest BCUT2D eigenvalue weighted by Gasteiger charge is 2.23. The minimum absolute atomic E-state index is 0.326. The van der Waals surface area contributed by atoms with Gasteiger partial charge in [-0.15, -0.1) is 0 Å². The number of urea groups is 1. The van der Waals surface area contributed by atoms with Crippen molar-refractivity contribution in [3.63, 3.8) is 0 Å². The van der Waals surface area contributed by atoms with Crippen LogP contribution < -0.4 is 25.4 Å². The number of rotatable bonds is 9. The smallest absolute Gasteiger partial charge is 0.315 e. The Morgan fingerprint density at radius 3 is 2.31 bits per heavy atom. The van der Waals surface area contributed by atoms with Gasteiger partial charge in [-0.25, -0.2) is 4.79 Å². The summed E-state index contributed by atoms with van der Waals surface area (Å²) in [6.45, 7) is 0.383. The highest BCUT2D eigenvalue weighted by molar-refractivity contribution is 6.04. The molecular weight excluding hydrogens is 454 g/mol. The lowest BCUT2D eigenvalue weighted by Gasteiger charge is -2.20. The van der Waals surface area contributed by atoms with E-state index in [2.05, 4.69) is 16.0 Å². The number of carbonyl (C=O) groups excluding carboxylic acids is 2. The second-order valence-electron chi connectivity index (χ2n) is 8.20. The number of nitrogens with one attached hydrogen (secondary N) is 3. The molecule has 4 aromatic carbocycles. The summed E-state index contributed by atoms with van der Waals surface area (Å²) in [5.41, 5.74) is 2.36. The van der Waals surface area contributed by atoms with E-state index in [1.165, 1.54) is 0 Å². The fraction of sp³-hybridized carbons (Fsp3) is 0.172. The van der Waals surface area contributed by atoms with E-state index in [4.69, 9.17) is 9.47 Å². The topological polar surface area (TPSA) is 88.7 Å². The maximum Gasteiger partial charge on any atom is 0.315 e. The Balaban J connectivity index is 1.43. The normalized spacial score (nSPS) is 11.4. The molecule has 0 fully saturated rings. The van der Waals surface area contributed by atoms with Crippen molar-refractivity contribution in [2.45, 2.75) is 12.5 Å². The lowest BCUT2D eigenvalue weighted by molar-refractivity contribution is -0.118. The van der Waals surface area contributed by atoms with Crippen LogP contribution >= 0.6 is 0 Å². The number of carbonyl (C=O) groups is 2. The largest absolute Gasteiger partial charge is 0.493 e. The van der Waals surface area contributed by atoms with E-state index in [1.54, 1.807) is 14.2 Å². The summed E-state index contributed by atoms with van der Waals surface area (Å²) in [6, 6.07) is 27.1. The first-order valence-electron chi connectivity index (χ1n) is 11.7. The average molecular weight is 484 g/mol. The Morgan fingerprint density at radius 2 is 1.53 bits per heavy atom. The van der Waals surface area contributed by atoms with Gasteiger partial charge in [-0.3, -0.25) is 4.79 Å². The van der Waals surface area contributed by atoms with Crippen LogP contribution in [-0.2, 0) is 11.2 Å². The van der Waals surface area contributed by atoms with E-state index in [0.29, 0.717) is 35.7 Å². The van der Waals surface area contributed by atoms with Crippen LogP contribution in [0.3, 0.4) is 0 Å². The molecule has 4 aromatic rings. The highest BCUT2D eigenvalue weighted by Crippen LogP contribution is 2.28. The molecule has 0 radical (unpaired) electrons. The predicted octanol–water partition coefficient (Wildman–Crippen LogP) is 5.08. The molecule has 0 aliphatic heterocycles. The Kier molecular flexibility index (Phi) is 8.03. The first-order valence-corrected chi connectivity index (χ1v) is 11.7. The molecule has 0 spiro atoms. The summed E-state index contributed by atoms with van der Waals surface area (Å²) in [4.78, 5) is 26.1. The van der Waals surface area contributed by atoms with Crippen molar-refractivity contribution in [3.8, 4) is 11.5 Å². The molecule has 7 nitrogen and oxygen atoms in total. The molecule has 0 saturated heterocycles. The van der Waals surface area contributed by atoms with Gasteiger partial charge in [0.05, 0.1) is 14.2 Å². The quantitative estimate of drug-likeness (QED) is 0.310. The Labute approximate surface area is 210 Å². The first kappa shape index (κ1) is 24.6. The summed E-state index contributed by atoms with van der Waals surface area (Å²) in [5.74, 6) is 0.955. The van der Waals surface area contributed by atoms with Crippen molar-refractivity contribution in [2.75, 3.05) is 26.1 Å². The maximum absolute atomic E-state index is 13.3. The standard InChI is InChI=1S/C29H29N3O4/c1-35-25-16-15-20(19-26(25)36-2)17-18-30-29(34)32-27(22-10-4-3-5-11-22)28(33)31-24-14-8-12-21-9-6-7-13-23(21)24/h3-16,19,27H,17-18H2,1-2H3,(H,31,33)(H2,30,32,34)/t27-/m1/s1. The van der Waals surface area contributed by atoms with Gasteiger partial charge in [0.2, 0.25) is 0 Å². The fourth-order valence-electron chi connectivity index (χ4n) is 4.02. The summed E-state index contributed by atoms with van der Waals surface area (Å²) >= 11 is 0. The van der Waals surface area contributed by atoms with Gasteiger partial charge in [-0.05, 0) is 41.1 Å². The average Bonchev–Trinajstić information content (AvgIpc) is 2.92. The maximum atomic E-state index is 13.3. The Hall–Kier alpha value is -4.52. The van der Waals surface area contributed by atoms with Crippen LogP contribution in [0.15, 0.2) is 91.0 Å². The molecule has 0 heterocycles. The summed E-state index contributed by atoms with van der Waals surface area (Å²) in [5, 5.41) is 10.6. The van der Waals surface area contributed by atoms with Crippen molar-refractivity contribution in [2.24, 2.45) is 0 Å². The molecule has 0 aliphatic rings. The predicted molar refractivity (Wildman–Crippen MR) is 142 cm³/mol. The van der Waals surface area contributed by atoms with Gasteiger partial charge in [-0.2, -0.15) is 0 Å². The number of benzene rings is 4. The van der Waals surface area contributed by atoms with Crippen molar-refractivity contribution in [1.82, 2.24) is 10.6 Å². The third kappa shape index (κ3) is 5.93. The number of ether oxygens (including phenoxy) is 2. The molecule has 3 amide bonds. The second-order valence-corrected chi connectivity index (χ2v) is 8.20. The van der Waals surface area contributed by atoms with E-state index < -0.39 is 12.1 Å². The van der Waals surface area contributed by atoms with E-state index in [-0.39, 0.29) is 5.91 Å². The second kappa shape index (κ2) is 11.8. The Bertz CT molecular complexity index is 1340. The van der Waals surface area contributed by atoms with Gasteiger partial charge in [0.15, 0.2) is 11.5 Å². The van der Waals surface area contributed by atoms with Crippen molar-refractivity contribution < 1.29 is 19.1 Å². The number of amides is 3. The molecule has 7 heteroatoms. The lowest BCUT2D eigenvalue weighted by atomic mass is 10.1. The summed E-state index contributed by atoms with van der Waals surface area (Å²) < 4.78 is 10.6. The molecule has 0 unspecified atom stereocenters. The molecule has 36 heavy (non-hydrogen) atoms. The molecule has 4 rings (SSSR count). The zero-order valence-electron chi connectivity index (χ0n) is 20.3. The molecule has 1 atom stereocenters. The van der Waals surface area contributed by atoms with E-state index in [0.717, 1.165) is 16.3 Å². The SMILES string of the molecule is COc1ccc(CCNC(=O)N[C@@H](C(=O)Nc2cccc3ccccc23)c2ccccc2)cc1OC. The fourth-order valence-corrected chi connectivity index (χ4v) is 4.02. The number of anilines is 1. The minimum atomic E-state index is -0.869. The van der Waals surface area contributed by atoms with E-state index in [9.17, 15) is 9.59 Å². The molecule has 0 saturated carbocycles. The number of hydrogen-bond donors (Lipinski definition) is 3. The van der Waals surface area contributed by atoms with Crippen LogP contribution in [0.5, 0.6) is 11.5 Å². The van der Waals surface area contributed by atoms with Gasteiger partial charge >= 0.3 is 6.03 Å². The summed E-state index contributed by atoms with van der Waals surface area (Å²) in [6.07, 6.45) is 0.589. The van der Waals surface area contributed by atoms with Gasteiger partial charge in [0.25, 0.3) is 5.91 Å². The van der Waals surface area contributed by atoms with Gasteiger partial charge in [0.1, 0.15) is 6.04 Å². The molecule has 3 N–H and O–H groups in total. The highest BCUT2D eigenvalue weighted by atomic mass is 16.5. The van der Waals surface area contributed by atoms with Crippen molar-refractivity contribution >= 4 is 28.4 Å². The Morgan fingerprint density at radius 1 is 0.806 bits per heavy atom. The van der Waals surface area contributed by atoms with Crippen LogP contribution in [0, 0.1) is 0 Å². The third-order valence-corrected chi connectivity index (χ3v) is 5.87. The number of fused-ring (bicyclic) bond motifs is 1.